The summed E-state index contributed by atoms with van der Waals surface area (Å²) in [7, 11) is 0. The van der Waals surface area contributed by atoms with Crippen LogP contribution in [0, 0.1) is 27.9 Å². The number of nitrogens with two attached hydrogens (primary N) is 1. The smallest absolute Gasteiger partial charge is 0.161 e. The molecule has 0 saturated heterocycles. The summed E-state index contributed by atoms with van der Waals surface area (Å²) in [5.41, 5.74) is 6.08. The van der Waals surface area contributed by atoms with E-state index in [1.54, 1.807) is 6.92 Å². The number of hydrogen-bond donors (Lipinski definition) is 1. The molecule has 2 rings (SSSR count). The molecule has 0 fully saturated rings. The van der Waals surface area contributed by atoms with Crippen LogP contribution >= 0.6 is 22.6 Å². The average molecular weight is 353 g/mol. The number of anilines is 1. The lowest BCUT2D eigenvalue weighted by atomic mass is 10.3. The van der Waals surface area contributed by atoms with Crippen LogP contribution in [0.1, 0.15) is 5.69 Å². The molecule has 7 heteroatoms. The molecule has 1 aromatic carbocycles. The van der Waals surface area contributed by atoms with Gasteiger partial charge in [0.1, 0.15) is 11.5 Å². The minimum Gasteiger partial charge on any atom is -0.383 e. The molecule has 1 aromatic heterocycles. The summed E-state index contributed by atoms with van der Waals surface area (Å²) in [6.45, 7) is 1.69. The second-order valence-electron chi connectivity index (χ2n) is 3.41. The standard InChI is InChI=1S/C10H7F3IN3/c1-4-9(14)10(15)17(16-4)8-3-6(12)5(11)2-7(8)13/h2-3H,15H2,1H3. The van der Waals surface area contributed by atoms with Crippen LogP contribution in [0.3, 0.4) is 0 Å². The second kappa shape index (κ2) is 4.21. The summed E-state index contributed by atoms with van der Waals surface area (Å²) < 4.78 is 41.0. The highest BCUT2D eigenvalue weighted by atomic mass is 127. The van der Waals surface area contributed by atoms with Crippen LogP contribution < -0.4 is 5.73 Å². The zero-order valence-corrected chi connectivity index (χ0v) is 10.8. The van der Waals surface area contributed by atoms with Crippen molar-refractivity contribution in [2.24, 2.45) is 0 Å². The van der Waals surface area contributed by atoms with E-state index in [4.69, 9.17) is 5.73 Å². The number of nitrogen functional groups attached to an aromatic ring is 1. The highest BCUT2D eigenvalue weighted by Gasteiger charge is 2.17. The van der Waals surface area contributed by atoms with Crippen molar-refractivity contribution in [1.82, 2.24) is 9.78 Å². The van der Waals surface area contributed by atoms with E-state index in [2.05, 4.69) is 5.10 Å². The molecule has 0 amide bonds. The third kappa shape index (κ3) is 1.99. The molecule has 2 N–H and O–H groups in total. The molecule has 0 radical (unpaired) electrons. The molecule has 0 aliphatic heterocycles. The Labute approximate surface area is 109 Å². The Morgan fingerprint density at radius 2 is 1.76 bits per heavy atom. The molecule has 0 atom stereocenters. The first-order valence-corrected chi connectivity index (χ1v) is 5.65. The molecule has 17 heavy (non-hydrogen) atoms. The highest BCUT2D eigenvalue weighted by molar-refractivity contribution is 14.1. The van der Waals surface area contributed by atoms with Crippen molar-refractivity contribution in [3.8, 4) is 5.69 Å². The Hall–Kier alpha value is -1.25. The molecule has 0 aliphatic carbocycles. The van der Waals surface area contributed by atoms with Gasteiger partial charge in [0, 0.05) is 12.1 Å². The van der Waals surface area contributed by atoms with Crippen LogP contribution in [0.15, 0.2) is 12.1 Å². The third-order valence-electron chi connectivity index (χ3n) is 2.24. The van der Waals surface area contributed by atoms with Gasteiger partial charge in [0.2, 0.25) is 0 Å². The Morgan fingerprint density at radius 1 is 1.18 bits per heavy atom. The first-order valence-electron chi connectivity index (χ1n) is 4.57. The Morgan fingerprint density at radius 3 is 2.29 bits per heavy atom. The lowest BCUT2D eigenvalue weighted by Crippen LogP contribution is -2.06. The van der Waals surface area contributed by atoms with Crippen molar-refractivity contribution < 1.29 is 13.2 Å². The maximum atomic E-state index is 13.5. The van der Waals surface area contributed by atoms with Gasteiger partial charge in [-0.25, -0.2) is 17.9 Å². The zero-order valence-electron chi connectivity index (χ0n) is 8.64. The fourth-order valence-corrected chi connectivity index (χ4v) is 1.72. The van der Waals surface area contributed by atoms with E-state index in [0.717, 1.165) is 10.7 Å². The molecule has 0 bridgehead atoms. The van der Waals surface area contributed by atoms with E-state index in [0.29, 0.717) is 15.3 Å². The van der Waals surface area contributed by atoms with Crippen LogP contribution in [0.2, 0.25) is 0 Å². The average Bonchev–Trinajstić information content (AvgIpc) is 2.51. The van der Waals surface area contributed by atoms with Gasteiger partial charge in [0.25, 0.3) is 0 Å². The van der Waals surface area contributed by atoms with E-state index in [-0.39, 0.29) is 11.5 Å². The van der Waals surface area contributed by atoms with E-state index < -0.39 is 17.5 Å². The summed E-state index contributed by atoms with van der Waals surface area (Å²) >= 11 is 1.94. The molecule has 2 aromatic rings. The molecular formula is C10H7F3IN3. The summed E-state index contributed by atoms with van der Waals surface area (Å²) in [4.78, 5) is 0. The summed E-state index contributed by atoms with van der Waals surface area (Å²) in [6, 6.07) is 1.19. The first-order chi connectivity index (χ1) is 7.91. The van der Waals surface area contributed by atoms with E-state index in [9.17, 15) is 13.2 Å². The largest absolute Gasteiger partial charge is 0.383 e. The Kier molecular flexibility index (Phi) is 3.02. The fraction of sp³-hybridized carbons (Fsp3) is 0.100. The number of halogens is 4. The monoisotopic (exact) mass is 353 g/mol. The van der Waals surface area contributed by atoms with Gasteiger partial charge in [-0.15, -0.1) is 0 Å². The van der Waals surface area contributed by atoms with Gasteiger partial charge in [-0.2, -0.15) is 5.10 Å². The normalized spacial score (nSPS) is 10.9. The maximum Gasteiger partial charge on any atom is 0.161 e. The first kappa shape index (κ1) is 12.2. The van der Waals surface area contributed by atoms with Crippen molar-refractivity contribution in [3.05, 3.63) is 38.8 Å². The van der Waals surface area contributed by atoms with Crippen LogP contribution in [0.4, 0.5) is 19.0 Å². The third-order valence-corrected chi connectivity index (χ3v) is 3.57. The summed E-state index contributed by atoms with van der Waals surface area (Å²) in [5.74, 6) is -3.13. The van der Waals surface area contributed by atoms with Crippen LogP contribution in [-0.2, 0) is 0 Å². The van der Waals surface area contributed by atoms with Gasteiger partial charge in [-0.3, -0.25) is 0 Å². The van der Waals surface area contributed by atoms with E-state index in [1.807, 2.05) is 22.6 Å². The van der Waals surface area contributed by atoms with Gasteiger partial charge in [-0.05, 0) is 29.5 Å². The number of hydrogen-bond acceptors (Lipinski definition) is 2. The van der Waals surface area contributed by atoms with E-state index in [1.165, 1.54) is 0 Å². The van der Waals surface area contributed by atoms with Gasteiger partial charge in [-0.1, -0.05) is 0 Å². The molecule has 3 nitrogen and oxygen atoms in total. The lowest BCUT2D eigenvalue weighted by Gasteiger charge is -2.06. The molecule has 0 unspecified atom stereocenters. The second-order valence-corrected chi connectivity index (χ2v) is 4.49. The van der Waals surface area contributed by atoms with Crippen molar-refractivity contribution in [2.75, 3.05) is 5.73 Å². The van der Waals surface area contributed by atoms with Gasteiger partial charge in [0.05, 0.1) is 9.26 Å². The molecule has 1 heterocycles. The number of aromatic nitrogens is 2. The lowest BCUT2D eigenvalue weighted by molar-refractivity contribution is 0.491. The van der Waals surface area contributed by atoms with Crippen LogP contribution in [0.5, 0.6) is 0 Å². The molecule has 0 spiro atoms. The molecular weight excluding hydrogens is 346 g/mol. The molecule has 90 valence electrons. The Bertz CT molecular complexity index is 595. The van der Waals surface area contributed by atoms with Crippen molar-refractivity contribution in [3.63, 3.8) is 0 Å². The predicted octanol–water partition coefficient (Wildman–Crippen LogP) is 2.78. The van der Waals surface area contributed by atoms with Crippen molar-refractivity contribution >= 4 is 28.4 Å². The zero-order chi connectivity index (χ0) is 12.7. The van der Waals surface area contributed by atoms with Gasteiger partial charge in [0.15, 0.2) is 17.5 Å². The Balaban J connectivity index is 2.68. The van der Waals surface area contributed by atoms with Crippen molar-refractivity contribution in [1.29, 1.82) is 0 Å². The number of aryl methyl sites for hydroxylation is 1. The summed E-state index contributed by atoms with van der Waals surface area (Å²) in [6.07, 6.45) is 0. The minimum absolute atomic E-state index is 0.188. The SMILES string of the molecule is Cc1nn(-c2cc(F)c(F)cc2F)c(N)c1I. The fourth-order valence-electron chi connectivity index (χ4n) is 1.38. The molecule has 0 aliphatic rings. The van der Waals surface area contributed by atoms with Gasteiger partial charge >= 0.3 is 0 Å². The predicted molar refractivity (Wildman–Crippen MR) is 65.3 cm³/mol. The topological polar surface area (TPSA) is 43.8 Å². The van der Waals surface area contributed by atoms with Crippen molar-refractivity contribution in [2.45, 2.75) is 6.92 Å². The minimum atomic E-state index is -1.25. The number of benzene rings is 1. The van der Waals surface area contributed by atoms with Crippen LogP contribution in [0.25, 0.3) is 5.69 Å². The maximum absolute atomic E-state index is 13.5. The highest BCUT2D eigenvalue weighted by Crippen LogP contribution is 2.25. The quantitative estimate of drug-likeness (QED) is 0.633. The van der Waals surface area contributed by atoms with Crippen LogP contribution in [-0.4, -0.2) is 9.78 Å². The number of rotatable bonds is 1. The number of nitrogens with zero attached hydrogens (tertiary/aromatic N) is 2. The van der Waals surface area contributed by atoms with E-state index >= 15 is 0 Å². The molecule has 0 saturated carbocycles. The summed E-state index contributed by atoms with van der Waals surface area (Å²) in [5, 5.41) is 3.97. The van der Waals surface area contributed by atoms with Gasteiger partial charge < -0.3 is 5.73 Å².